The Balaban J connectivity index is 2.49. The Morgan fingerprint density at radius 1 is 1.33 bits per heavy atom. The molecule has 3 nitrogen and oxygen atoms in total. The monoisotopic (exact) mass is 206 g/mol. The van der Waals surface area contributed by atoms with Crippen molar-refractivity contribution in [3.8, 4) is 0 Å². The van der Waals surface area contributed by atoms with Gasteiger partial charge in [0.25, 0.3) is 0 Å². The summed E-state index contributed by atoms with van der Waals surface area (Å²) >= 11 is 0. The van der Waals surface area contributed by atoms with Crippen LogP contribution in [0.1, 0.15) is 31.9 Å². The van der Waals surface area contributed by atoms with Crippen LogP contribution in [0.4, 0.5) is 0 Å². The van der Waals surface area contributed by atoms with E-state index in [0.717, 1.165) is 0 Å². The zero-order valence-corrected chi connectivity index (χ0v) is 9.23. The lowest BCUT2D eigenvalue weighted by Gasteiger charge is -2.19. The molecule has 0 spiro atoms. The van der Waals surface area contributed by atoms with Gasteiger partial charge in [-0.3, -0.25) is 4.79 Å². The largest absolute Gasteiger partial charge is 0.370 e. The molecule has 1 aromatic rings. The second-order valence-corrected chi connectivity index (χ2v) is 3.87. The van der Waals surface area contributed by atoms with Crippen LogP contribution in [-0.2, 0) is 4.79 Å². The third kappa shape index (κ3) is 4.13. The molecule has 0 aliphatic heterocycles. The number of hydrogen-bond acceptors (Lipinski definition) is 2. The molecule has 0 fully saturated rings. The first-order valence-electron chi connectivity index (χ1n) is 5.19. The van der Waals surface area contributed by atoms with Gasteiger partial charge >= 0.3 is 0 Å². The second kappa shape index (κ2) is 5.51. The van der Waals surface area contributed by atoms with Crippen molar-refractivity contribution in [1.29, 1.82) is 0 Å². The number of carbonyl (C=O) groups is 1. The van der Waals surface area contributed by atoms with E-state index in [0.29, 0.717) is 6.42 Å². The maximum atomic E-state index is 10.7. The quantitative estimate of drug-likeness (QED) is 0.769. The summed E-state index contributed by atoms with van der Waals surface area (Å²) in [7, 11) is 0. The van der Waals surface area contributed by atoms with Crippen LogP contribution in [0.3, 0.4) is 0 Å². The van der Waals surface area contributed by atoms with E-state index in [1.807, 2.05) is 25.1 Å². The van der Waals surface area contributed by atoms with Gasteiger partial charge in [-0.1, -0.05) is 30.3 Å². The van der Waals surface area contributed by atoms with E-state index in [1.54, 1.807) is 0 Å². The highest BCUT2D eigenvalue weighted by atomic mass is 16.1. The maximum absolute atomic E-state index is 10.7. The van der Waals surface area contributed by atoms with Crippen molar-refractivity contribution in [2.24, 2.45) is 5.73 Å². The summed E-state index contributed by atoms with van der Waals surface area (Å²) in [4.78, 5) is 10.7. The van der Waals surface area contributed by atoms with E-state index in [-0.39, 0.29) is 18.0 Å². The van der Waals surface area contributed by atoms with Crippen molar-refractivity contribution in [1.82, 2.24) is 5.32 Å². The van der Waals surface area contributed by atoms with Crippen molar-refractivity contribution >= 4 is 5.91 Å². The van der Waals surface area contributed by atoms with Gasteiger partial charge in [0, 0.05) is 18.5 Å². The Morgan fingerprint density at radius 2 is 1.93 bits per heavy atom. The standard InChI is InChI=1S/C12H18N2O/c1-9(8-12(13)15)14-10(2)11-6-4-3-5-7-11/h3-7,9-10,14H,8H2,1-2H3,(H2,13,15). The molecule has 0 bridgehead atoms. The van der Waals surface area contributed by atoms with Crippen molar-refractivity contribution < 1.29 is 4.79 Å². The lowest BCUT2D eigenvalue weighted by atomic mass is 10.1. The average molecular weight is 206 g/mol. The minimum atomic E-state index is -0.268. The smallest absolute Gasteiger partial charge is 0.218 e. The molecule has 0 heterocycles. The Morgan fingerprint density at radius 3 is 2.47 bits per heavy atom. The van der Waals surface area contributed by atoms with Gasteiger partial charge in [-0.25, -0.2) is 0 Å². The Hall–Kier alpha value is -1.35. The first-order chi connectivity index (χ1) is 7.09. The fraction of sp³-hybridized carbons (Fsp3) is 0.417. The van der Waals surface area contributed by atoms with Crippen LogP contribution in [0.25, 0.3) is 0 Å². The van der Waals surface area contributed by atoms with E-state index in [9.17, 15) is 4.79 Å². The predicted octanol–water partition coefficient (Wildman–Crippen LogP) is 1.60. The number of benzene rings is 1. The Kier molecular flexibility index (Phi) is 4.31. The minimum absolute atomic E-state index is 0.109. The van der Waals surface area contributed by atoms with Crippen molar-refractivity contribution in [2.45, 2.75) is 32.4 Å². The topological polar surface area (TPSA) is 55.1 Å². The Labute approximate surface area is 90.7 Å². The zero-order chi connectivity index (χ0) is 11.3. The molecule has 2 unspecified atom stereocenters. The molecule has 0 saturated carbocycles. The predicted molar refractivity (Wildman–Crippen MR) is 61.3 cm³/mol. The average Bonchev–Trinajstić information content (AvgIpc) is 2.17. The fourth-order valence-electron chi connectivity index (χ4n) is 1.63. The molecular weight excluding hydrogens is 188 g/mol. The van der Waals surface area contributed by atoms with E-state index >= 15 is 0 Å². The van der Waals surface area contributed by atoms with Crippen LogP contribution < -0.4 is 11.1 Å². The lowest BCUT2D eigenvalue weighted by Crippen LogP contribution is -2.32. The van der Waals surface area contributed by atoms with Crippen molar-refractivity contribution in [3.05, 3.63) is 35.9 Å². The first-order valence-corrected chi connectivity index (χ1v) is 5.19. The van der Waals surface area contributed by atoms with Crippen LogP contribution >= 0.6 is 0 Å². The molecule has 0 radical (unpaired) electrons. The fourth-order valence-corrected chi connectivity index (χ4v) is 1.63. The van der Waals surface area contributed by atoms with Gasteiger partial charge in [0.15, 0.2) is 0 Å². The Bertz CT molecular complexity index is 311. The molecule has 1 amide bonds. The van der Waals surface area contributed by atoms with Crippen LogP contribution in [0.5, 0.6) is 0 Å². The normalized spacial score (nSPS) is 14.5. The highest BCUT2D eigenvalue weighted by Gasteiger charge is 2.10. The van der Waals surface area contributed by atoms with Gasteiger partial charge in [-0.05, 0) is 19.4 Å². The van der Waals surface area contributed by atoms with Gasteiger partial charge < -0.3 is 11.1 Å². The summed E-state index contributed by atoms with van der Waals surface area (Å²) in [5.74, 6) is -0.268. The number of nitrogens with one attached hydrogen (secondary N) is 1. The van der Waals surface area contributed by atoms with Gasteiger partial charge in [0.05, 0.1) is 0 Å². The molecule has 2 atom stereocenters. The molecule has 3 N–H and O–H groups in total. The molecule has 0 saturated heterocycles. The van der Waals surface area contributed by atoms with Crippen LogP contribution in [-0.4, -0.2) is 11.9 Å². The SMILES string of the molecule is CC(CC(N)=O)NC(C)c1ccccc1. The molecule has 0 aliphatic rings. The highest BCUT2D eigenvalue weighted by Crippen LogP contribution is 2.12. The third-order valence-electron chi connectivity index (χ3n) is 2.34. The molecule has 82 valence electrons. The van der Waals surface area contributed by atoms with E-state index in [1.165, 1.54) is 5.56 Å². The summed E-state index contributed by atoms with van der Waals surface area (Å²) < 4.78 is 0. The molecule has 1 aromatic carbocycles. The molecule has 0 aliphatic carbocycles. The lowest BCUT2D eigenvalue weighted by molar-refractivity contribution is -0.118. The van der Waals surface area contributed by atoms with Gasteiger partial charge in [-0.15, -0.1) is 0 Å². The molecular formula is C12H18N2O. The summed E-state index contributed by atoms with van der Waals surface area (Å²) in [6.07, 6.45) is 0.372. The van der Waals surface area contributed by atoms with E-state index in [2.05, 4.69) is 24.4 Å². The second-order valence-electron chi connectivity index (χ2n) is 3.87. The number of carbonyl (C=O) groups excluding carboxylic acids is 1. The molecule has 0 aromatic heterocycles. The van der Waals surface area contributed by atoms with Crippen molar-refractivity contribution in [2.75, 3.05) is 0 Å². The van der Waals surface area contributed by atoms with E-state index < -0.39 is 0 Å². The first kappa shape index (κ1) is 11.7. The molecule has 3 heteroatoms. The highest BCUT2D eigenvalue weighted by molar-refractivity contribution is 5.74. The summed E-state index contributed by atoms with van der Waals surface area (Å²) in [5, 5.41) is 3.33. The van der Waals surface area contributed by atoms with Crippen LogP contribution in [0.2, 0.25) is 0 Å². The summed E-state index contributed by atoms with van der Waals surface area (Å²) in [5.41, 5.74) is 6.35. The zero-order valence-electron chi connectivity index (χ0n) is 9.23. The summed E-state index contributed by atoms with van der Waals surface area (Å²) in [6.45, 7) is 4.04. The van der Waals surface area contributed by atoms with Gasteiger partial charge in [0.2, 0.25) is 5.91 Å². The number of hydrogen-bond donors (Lipinski definition) is 2. The number of primary amides is 1. The molecule has 15 heavy (non-hydrogen) atoms. The summed E-state index contributed by atoms with van der Waals surface area (Å²) in [6, 6.07) is 10.5. The van der Waals surface area contributed by atoms with E-state index in [4.69, 9.17) is 5.73 Å². The van der Waals surface area contributed by atoms with Crippen LogP contribution in [0, 0.1) is 0 Å². The van der Waals surface area contributed by atoms with Crippen LogP contribution in [0.15, 0.2) is 30.3 Å². The maximum Gasteiger partial charge on any atom is 0.218 e. The van der Waals surface area contributed by atoms with Gasteiger partial charge in [0.1, 0.15) is 0 Å². The number of amides is 1. The molecule has 1 rings (SSSR count). The van der Waals surface area contributed by atoms with Gasteiger partial charge in [-0.2, -0.15) is 0 Å². The van der Waals surface area contributed by atoms with Crippen molar-refractivity contribution in [3.63, 3.8) is 0 Å². The number of rotatable bonds is 5. The minimum Gasteiger partial charge on any atom is -0.370 e. The third-order valence-corrected chi connectivity index (χ3v) is 2.34. The number of nitrogens with two attached hydrogens (primary N) is 1.